The van der Waals surface area contributed by atoms with Gasteiger partial charge in [-0.2, -0.15) is 0 Å². The molecule has 476 valence electrons. The van der Waals surface area contributed by atoms with Crippen LogP contribution in [0.1, 0.15) is 22.3 Å². The lowest BCUT2D eigenvalue weighted by Crippen LogP contribution is -2.28. The van der Waals surface area contributed by atoms with E-state index in [1.807, 2.05) is 295 Å². The van der Waals surface area contributed by atoms with E-state index in [9.17, 15) is 0 Å². The average molecular weight is 1340 g/mol. The number of fused-ring (bicyclic) bond motifs is 4. The van der Waals surface area contributed by atoms with Gasteiger partial charge in [0, 0.05) is 97.0 Å². The first-order valence-electron chi connectivity index (χ1n) is 31.5. The van der Waals surface area contributed by atoms with E-state index >= 15 is 18.3 Å². The van der Waals surface area contributed by atoms with Gasteiger partial charge in [-0.1, -0.05) is 243 Å². The van der Waals surface area contributed by atoms with Crippen molar-refractivity contribution >= 4 is 92.2 Å². The first-order chi connectivity index (χ1) is 46.8. The molecule has 0 bridgehead atoms. The molecule has 96 heavy (non-hydrogen) atoms. The van der Waals surface area contributed by atoms with E-state index in [0.717, 1.165) is 22.3 Å². The zero-order valence-electron chi connectivity index (χ0n) is 52.9. The maximum atomic E-state index is 16.0. The second-order valence-corrected chi connectivity index (χ2v) is 34.6. The molecule has 0 saturated heterocycles. The Kier molecular flexibility index (Phi) is 16.3. The van der Waals surface area contributed by atoms with Gasteiger partial charge in [0.25, 0.3) is 0 Å². The fourth-order valence-electron chi connectivity index (χ4n) is 13.7. The Labute approximate surface area is 557 Å². The average Bonchev–Trinajstić information content (AvgIpc) is 1.16. The van der Waals surface area contributed by atoms with Crippen LogP contribution in [-0.2, 0) is 18.3 Å². The summed E-state index contributed by atoms with van der Waals surface area (Å²) in [5.41, 5.74) is 5.35. The third-order valence-electron chi connectivity index (χ3n) is 18.2. The van der Waals surface area contributed by atoms with Crippen molar-refractivity contribution in [1.29, 1.82) is 0 Å². The first kappa shape index (κ1) is 62.1. The molecule has 4 aliphatic heterocycles. The van der Waals surface area contributed by atoms with Crippen LogP contribution in [0.3, 0.4) is 0 Å². The summed E-state index contributed by atoms with van der Waals surface area (Å²) < 4.78 is 113. The number of hydrogen-bond acceptors (Lipinski definition) is 12. The molecule has 0 aromatic heterocycles. The highest BCUT2D eigenvalue weighted by molar-refractivity contribution is 7.87. The molecule has 0 fully saturated rings. The molecule has 0 spiro atoms. The van der Waals surface area contributed by atoms with Gasteiger partial charge in [-0.05, 0) is 63.1 Å². The zero-order chi connectivity index (χ0) is 65.8. The van der Waals surface area contributed by atoms with Gasteiger partial charge in [0.15, 0.2) is 74.6 Å². The Hall–Kier alpha value is -10.0. The minimum atomic E-state index is -3.55. The molecule has 12 aromatic rings. The van der Waals surface area contributed by atoms with Crippen LogP contribution >= 0.6 is 28.6 Å². The van der Waals surface area contributed by atoms with Crippen molar-refractivity contribution in [3.63, 3.8) is 0 Å². The smallest absolute Gasteiger partial charge is 0.231 e. The van der Waals surface area contributed by atoms with Gasteiger partial charge in [-0.25, -0.2) is 0 Å². The van der Waals surface area contributed by atoms with Crippen LogP contribution in [0.5, 0.6) is 46.0 Å². The van der Waals surface area contributed by atoms with E-state index in [0.29, 0.717) is 132 Å². The quantitative estimate of drug-likeness (QED) is 0.0957. The van der Waals surface area contributed by atoms with Gasteiger partial charge in [0.2, 0.25) is 27.2 Å². The minimum Gasteiger partial charge on any atom is -0.453 e. The molecule has 12 aromatic carbocycles. The number of rotatable bonds is 14. The fraction of sp³-hybridized carbons (Fsp3) is 0.100. The highest BCUT2D eigenvalue weighted by atomic mass is 31.2. The van der Waals surface area contributed by atoms with Gasteiger partial charge < -0.3 is 56.2 Å². The summed E-state index contributed by atoms with van der Waals surface area (Å²) in [6, 6.07) is 84.0. The van der Waals surface area contributed by atoms with Crippen LogP contribution < -0.4 is 102 Å². The molecule has 16 heteroatoms. The Bertz CT molecular complexity index is 4660. The monoisotopic (exact) mass is 1340 g/mol. The minimum absolute atomic E-state index is 0.0105. The summed E-state index contributed by atoms with van der Waals surface area (Å²) >= 11 is 0. The molecule has 0 N–H and O–H groups in total. The summed E-state index contributed by atoms with van der Waals surface area (Å²) in [5, 5.41) is 7.83. The standard InChI is InChI=1S/2C40H32O6P2/c2*1-27-23-35(48(42,31-19-11-5-12-20-31)32-21-13-6-14-22-32)36(40-37(27)43-25-46-40)33-24-34(28(2)38-39(33)45-26-44-38)47(41,29-15-7-3-8-16-29)30-17-9-4-10-18-30/h2*3-24H,25-26H2,1-2H3. The largest absolute Gasteiger partial charge is 0.453 e. The van der Waals surface area contributed by atoms with Crippen molar-refractivity contribution in [3.8, 4) is 68.2 Å². The van der Waals surface area contributed by atoms with Crippen molar-refractivity contribution in [2.75, 3.05) is 27.2 Å². The predicted octanol–water partition coefficient (Wildman–Crippen LogP) is 13.4. The van der Waals surface area contributed by atoms with Crippen LogP contribution in [-0.4, -0.2) is 27.2 Å². The van der Waals surface area contributed by atoms with Crippen LogP contribution in [0.4, 0.5) is 0 Å². The Morgan fingerprint density at radius 1 is 0.229 bits per heavy atom. The molecule has 12 nitrogen and oxygen atoms in total. The summed E-state index contributed by atoms with van der Waals surface area (Å²) in [6.45, 7) is 7.72. The Morgan fingerprint density at radius 2 is 0.427 bits per heavy atom. The van der Waals surface area contributed by atoms with Crippen LogP contribution in [0, 0.1) is 27.7 Å². The highest BCUT2D eigenvalue weighted by Crippen LogP contribution is 2.60. The van der Waals surface area contributed by atoms with E-state index in [1.165, 1.54) is 0 Å². The van der Waals surface area contributed by atoms with Gasteiger partial charge >= 0.3 is 0 Å². The third kappa shape index (κ3) is 10.2. The van der Waals surface area contributed by atoms with Crippen molar-refractivity contribution in [1.82, 2.24) is 0 Å². The number of benzene rings is 12. The number of aryl methyl sites for hydroxylation is 2. The van der Waals surface area contributed by atoms with Gasteiger partial charge in [0.05, 0.1) is 0 Å². The second kappa shape index (κ2) is 25.3. The normalized spacial score (nSPS) is 13.5. The van der Waals surface area contributed by atoms with E-state index in [-0.39, 0.29) is 27.2 Å². The SMILES string of the molecule is Cc1cc(P(=O)(c2ccccc2)c2ccccc2)c(-c2cc(P(=O)(c3ccccc3)c3ccccc3)c(C)c3c2OCO3)c2c1OCO2.Cc1cc(P(=O)(c2ccccc2)c2ccccc2)c(-c2cc(P(=O)(c3ccccc3)c3ccccc3)c(C)c3c2OCO3)c2c1OCO2. The lowest BCUT2D eigenvalue weighted by Gasteiger charge is -2.27. The van der Waals surface area contributed by atoms with Gasteiger partial charge in [-0.3, -0.25) is 0 Å². The topological polar surface area (TPSA) is 142 Å². The fourth-order valence-corrected chi connectivity index (χ4v) is 25.4. The van der Waals surface area contributed by atoms with E-state index in [1.54, 1.807) is 0 Å². The zero-order valence-corrected chi connectivity index (χ0v) is 56.5. The first-order valence-corrected chi connectivity index (χ1v) is 38.3. The van der Waals surface area contributed by atoms with Crippen LogP contribution in [0.2, 0.25) is 0 Å². The second-order valence-electron chi connectivity index (χ2n) is 23.7. The molecular weight excluding hydrogens is 1280 g/mol. The molecule has 0 unspecified atom stereocenters. The van der Waals surface area contributed by atoms with Crippen LogP contribution in [0.25, 0.3) is 22.3 Å². The molecule has 0 aliphatic carbocycles. The Balaban J connectivity index is 0.000000158. The van der Waals surface area contributed by atoms with E-state index in [2.05, 4.69) is 0 Å². The summed E-state index contributed by atoms with van der Waals surface area (Å²) in [5.74, 6) is 4.07. The maximum Gasteiger partial charge on any atom is 0.231 e. The highest BCUT2D eigenvalue weighted by Gasteiger charge is 2.44. The maximum absolute atomic E-state index is 16.0. The third-order valence-corrected chi connectivity index (χ3v) is 30.7. The molecule has 0 atom stereocenters. The van der Waals surface area contributed by atoms with Crippen molar-refractivity contribution in [3.05, 3.63) is 289 Å². The number of hydrogen-bond donors (Lipinski definition) is 0. The molecular formula is C80H64O12P4. The lowest BCUT2D eigenvalue weighted by atomic mass is 9.98. The van der Waals surface area contributed by atoms with E-state index < -0.39 is 28.6 Å². The molecule has 16 rings (SSSR count). The molecule has 0 saturated carbocycles. The molecule has 4 heterocycles. The predicted molar refractivity (Wildman–Crippen MR) is 385 cm³/mol. The lowest BCUT2D eigenvalue weighted by molar-refractivity contribution is 0.172. The van der Waals surface area contributed by atoms with Crippen molar-refractivity contribution in [2.45, 2.75) is 27.7 Å². The molecule has 0 amide bonds. The van der Waals surface area contributed by atoms with Gasteiger partial charge in [0.1, 0.15) is 0 Å². The van der Waals surface area contributed by atoms with Crippen molar-refractivity contribution < 1.29 is 56.2 Å². The van der Waals surface area contributed by atoms with Crippen molar-refractivity contribution in [2.24, 2.45) is 0 Å². The van der Waals surface area contributed by atoms with Gasteiger partial charge in [-0.15, -0.1) is 0 Å². The summed E-state index contributed by atoms with van der Waals surface area (Å²) in [7, 11) is -14.0. The molecule has 0 radical (unpaired) electrons. The van der Waals surface area contributed by atoms with Crippen LogP contribution in [0.15, 0.2) is 267 Å². The molecule has 4 aliphatic rings. The Morgan fingerprint density at radius 3 is 0.667 bits per heavy atom. The summed E-state index contributed by atoms with van der Waals surface area (Å²) in [6.07, 6.45) is 0. The number of ether oxygens (including phenoxy) is 8. The summed E-state index contributed by atoms with van der Waals surface area (Å²) in [4.78, 5) is 0. The van der Waals surface area contributed by atoms with E-state index in [4.69, 9.17) is 37.9 Å².